The number of piperidine rings is 1. The van der Waals surface area contributed by atoms with E-state index in [1.54, 1.807) is 11.1 Å². The predicted molar refractivity (Wildman–Crippen MR) is 127 cm³/mol. The Labute approximate surface area is 191 Å². The smallest absolute Gasteiger partial charge is 0.416 e. The lowest BCUT2D eigenvalue weighted by Crippen LogP contribution is -2.44. The normalized spacial score (nSPS) is 17.5. The molecule has 0 N–H and O–H groups in total. The van der Waals surface area contributed by atoms with E-state index in [9.17, 15) is 9.59 Å². The molecule has 6 heteroatoms. The van der Waals surface area contributed by atoms with Crippen LogP contribution in [-0.4, -0.2) is 40.1 Å². The third-order valence-corrected chi connectivity index (χ3v) is 5.81. The minimum Gasteiger partial charge on any atom is -0.443 e. The molecule has 0 radical (unpaired) electrons. The summed E-state index contributed by atoms with van der Waals surface area (Å²) in [5, 5.41) is 0. The van der Waals surface area contributed by atoms with Gasteiger partial charge >= 0.3 is 6.09 Å². The molecule has 2 aromatic rings. The van der Waals surface area contributed by atoms with E-state index in [-0.39, 0.29) is 18.0 Å². The van der Waals surface area contributed by atoms with Gasteiger partial charge in [-0.2, -0.15) is 0 Å². The predicted octanol–water partition coefficient (Wildman–Crippen LogP) is 5.99. The molecule has 3 rings (SSSR count). The summed E-state index contributed by atoms with van der Waals surface area (Å²) in [4.78, 5) is 34.8. The molecule has 2 heterocycles. The molecule has 1 aliphatic rings. The second-order valence-electron chi connectivity index (χ2n) is 9.40. The first-order chi connectivity index (χ1) is 15.2. The summed E-state index contributed by atoms with van der Waals surface area (Å²) in [6.07, 6.45) is 4.86. The zero-order valence-corrected chi connectivity index (χ0v) is 19.9. The van der Waals surface area contributed by atoms with E-state index < -0.39 is 11.7 Å². The molecule has 2 amide bonds. The average Bonchev–Trinajstić information content (AvgIpc) is 2.78. The highest BCUT2D eigenvalue weighted by Crippen LogP contribution is 2.37. The topological polar surface area (TPSA) is 62.7 Å². The van der Waals surface area contributed by atoms with Crippen LogP contribution >= 0.6 is 0 Å². The first-order valence-electron chi connectivity index (χ1n) is 11.6. The van der Waals surface area contributed by atoms with Crippen LogP contribution in [0.3, 0.4) is 0 Å². The van der Waals surface area contributed by atoms with Crippen molar-refractivity contribution >= 4 is 17.8 Å². The summed E-state index contributed by atoms with van der Waals surface area (Å²) in [6.45, 7) is 10.3. The van der Waals surface area contributed by atoms with Crippen molar-refractivity contribution in [2.45, 2.75) is 78.0 Å². The first kappa shape index (κ1) is 23.8. The Hall–Kier alpha value is -2.89. The van der Waals surface area contributed by atoms with E-state index in [0.29, 0.717) is 17.9 Å². The van der Waals surface area contributed by atoms with Crippen molar-refractivity contribution in [3.63, 3.8) is 0 Å². The SMILES string of the molecule is CC[C@@H](C)N(C(=O)OC(C)(C)C)c1ncccc1[C@H]1CCCCN1C(=O)c1ccccc1. The average molecular weight is 438 g/mol. The van der Waals surface area contributed by atoms with Crippen LogP contribution in [0.15, 0.2) is 48.7 Å². The summed E-state index contributed by atoms with van der Waals surface area (Å²) >= 11 is 0. The Bertz CT molecular complexity index is 923. The number of amides is 2. The van der Waals surface area contributed by atoms with Crippen molar-refractivity contribution in [1.29, 1.82) is 0 Å². The number of carbonyl (C=O) groups excluding carboxylic acids is 2. The number of carbonyl (C=O) groups is 2. The van der Waals surface area contributed by atoms with Gasteiger partial charge in [-0.1, -0.05) is 31.2 Å². The van der Waals surface area contributed by atoms with Crippen LogP contribution in [0.25, 0.3) is 0 Å². The van der Waals surface area contributed by atoms with Gasteiger partial charge in [-0.15, -0.1) is 0 Å². The number of ether oxygens (including phenoxy) is 1. The lowest BCUT2D eigenvalue weighted by molar-refractivity contribution is 0.0564. The van der Waals surface area contributed by atoms with Crippen LogP contribution < -0.4 is 4.90 Å². The zero-order chi connectivity index (χ0) is 23.3. The number of benzene rings is 1. The van der Waals surface area contributed by atoms with Crippen LogP contribution in [0, 0.1) is 0 Å². The fourth-order valence-electron chi connectivity index (χ4n) is 4.08. The van der Waals surface area contributed by atoms with Gasteiger partial charge in [0.15, 0.2) is 0 Å². The molecule has 0 unspecified atom stereocenters. The van der Waals surface area contributed by atoms with Gasteiger partial charge in [-0.3, -0.25) is 9.69 Å². The maximum absolute atomic E-state index is 13.4. The van der Waals surface area contributed by atoms with Gasteiger partial charge in [-0.05, 0) is 71.6 Å². The molecule has 172 valence electrons. The van der Waals surface area contributed by atoms with Crippen molar-refractivity contribution < 1.29 is 14.3 Å². The molecule has 0 bridgehead atoms. The number of anilines is 1. The largest absolute Gasteiger partial charge is 0.443 e. The van der Waals surface area contributed by atoms with Gasteiger partial charge < -0.3 is 9.64 Å². The highest BCUT2D eigenvalue weighted by atomic mass is 16.6. The highest BCUT2D eigenvalue weighted by Gasteiger charge is 2.35. The number of hydrogen-bond acceptors (Lipinski definition) is 4. The summed E-state index contributed by atoms with van der Waals surface area (Å²) in [5.41, 5.74) is 0.955. The lowest BCUT2D eigenvalue weighted by atomic mass is 9.94. The molecule has 0 spiro atoms. The fraction of sp³-hybridized carbons (Fsp3) is 0.500. The van der Waals surface area contributed by atoms with Gasteiger partial charge in [0.1, 0.15) is 11.4 Å². The number of aromatic nitrogens is 1. The molecule has 1 aromatic heterocycles. The van der Waals surface area contributed by atoms with Gasteiger partial charge in [0.25, 0.3) is 5.91 Å². The second kappa shape index (κ2) is 10.2. The molecule has 0 saturated carbocycles. The molecule has 2 atom stereocenters. The molecule has 0 aliphatic carbocycles. The summed E-state index contributed by atoms with van der Waals surface area (Å²) < 4.78 is 5.73. The number of likely N-dealkylation sites (tertiary alicyclic amines) is 1. The van der Waals surface area contributed by atoms with E-state index in [1.807, 2.05) is 82.0 Å². The Morgan fingerprint density at radius 3 is 2.53 bits per heavy atom. The third kappa shape index (κ3) is 5.47. The number of pyridine rings is 1. The number of hydrogen-bond donors (Lipinski definition) is 0. The van der Waals surface area contributed by atoms with Crippen LogP contribution in [0.5, 0.6) is 0 Å². The third-order valence-electron chi connectivity index (χ3n) is 5.81. The number of rotatable bonds is 5. The van der Waals surface area contributed by atoms with E-state index in [4.69, 9.17) is 4.74 Å². The summed E-state index contributed by atoms with van der Waals surface area (Å²) in [5.74, 6) is 0.589. The molecule has 6 nitrogen and oxygen atoms in total. The molecule has 32 heavy (non-hydrogen) atoms. The Balaban J connectivity index is 2.02. The van der Waals surface area contributed by atoms with Crippen molar-refractivity contribution in [2.75, 3.05) is 11.4 Å². The first-order valence-corrected chi connectivity index (χ1v) is 11.6. The van der Waals surface area contributed by atoms with Crippen molar-refractivity contribution in [1.82, 2.24) is 9.88 Å². The monoisotopic (exact) mass is 437 g/mol. The van der Waals surface area contributed by atoms with Gasteiger partial charge in [-0.25, -0.2) is 9.78 Å². The lowest BCUT2D eigenvalue weighted by Gasteiger charge is -2.39. The molecule has 1 aromatic carbocycles. The quantitative estimate of drug-likeness (QED) is 0.576. The van der Waals surface area contributed by atoms with Crippen LogP contribution in [0.2, 0.25) is 0 Å². The van der Waals surface area contributed by atoms with E-state index in [2.05, 4.69) is 4.98 Å². The van der Waals surface area contributed by atoms with Crippen LogP contribution in [0.4, 0.5) is 10.6 Å². The molecular weight excluding hydrogens is 402 g/mol. The minimum atomic E-state index is -0.613. The standard InChI is InChI=1S/C26H35N3O3/c1-6-19(2)29(25(31)32-26(3,4)5)23-21(15-12-17-27-23)22-16-10-11-18-28(22)24(30)20-13-8-7-9-14-20/h7-9,12-15,17,19,22H,6,10-11,16,18H2,1-5H3/t19-,22-/m1/s1. The molecule has 1 aliphatic heterocycles. The van der Waals surface area contributed by atoms with E-state index in [1.165, 1.54) is 0 Å². The second-order valence-corrected chi connectivity index (χ2v) is 9.40. The van der Waals surface area contributed by atoms with E-state index >= 15 is 0 Å². The van der Waals surface area contributed by atoms with Crippen molar-refractivity contribution in [3.05, 3.63) is 59.8 Å². The summed E-state index contributed by atoms with van der Waals surface area (Å²) in [6, 6.07) is 13.0. The van der Waals surface area contributed by atoms with Crippen LogP contribution in [-0.2, 0) is 4.74 Å². The maximum atomic E-state index is 13.4. The van der Waals surface area contributed by atoms with E-state index in [0.717, 1.165) is 31.2 Å². The van der Waals surface area contributed by atoms with Crippen molar-refractivity contribution in [2.24, 2.45) is 0 Å². The minimum absolute atomic E-state index is 0.0115. The fourth-order valence-corrected chi connectivity index (χ4v) is 4.08. The molecule has 1 saturated heterocycles. The highest BCUT2D eigenvalue weighted by molar-refractivity contribution is 5.95. The Morgan fingerprint density at radius 1 is 1.16 bits per heavy atom. The Kier molecular flexibility index (Phi) is 7.54. The van der Waals surface area contributed by atoms with Crippen LogP contribution in [0.1, 0.15) is 82.3 Å². The van der Waals surface area contributed by atoms with Gasteiger partial charge in [0.05, 0.1) is 6.04 Å². The zero-order valence-electron chi connectivity index (χ0n) is 19.9. The molecular formula is C26H35N3O3. The number of nitrogens with zero attached hydrogens (tertiary/aromatic N) is 3. The van der Waals surface area contributed by atoms with Gasteiger partial charge in [0, 0.05) is 29.9 Å². The summed E-state index contributed by atoms with van der Waals surface area (Å²) in [7, 11) is 0. The Morgan fingerprint density at radius 2 is 1.88 bits per heavy atom. The van der Waals surface area contributed by atoms with Crippen molar-refractivity contribution in [3.8, 4) is 0 Å². The molecule has 1 fully saturated rings. The maximum Gasteiger partial charge on any atom is 0.416 e. The van der Waals surface area contributed by atoms with Gasteiger partial charge in [0.2, 0.25) is 0 Å².